The minimum Gasteiger partial charge on any atom is -0.460 e. The molecule has 0 unspecified atom stereocenters. The second-order valence-electron chi connectivity index (χ2n) is 12.7. The standard InChI is InChI=1S/C45H29N3O/c1-3-13-28(14-4-1)31-26-39(42-37-21-11-12-22-40(37)49-41(42)27-31)45-47-43(29-15-5-2-6-16-29)46-44(48-45)30-23-24-36-34-19-8-7-17-32(34)33-18-9-10-20-35(33)38(36)25-30/h1-11,13-21,23-27H,12,22H2. The summed E-state index contributed by atoms with van der Waals surface area (Å²) in [7, 11) is 0. The Morgan fingerprint density at radius 1 is 0.449 bits per heavy atom. The van der Waals surface area contributed by atoms with Crippen LogP contribution < -0.4 is 0 Å². The van der Waals surface area contributed by atoms with Crippen LogP contribution in [0.1, 0.15) is 17.7 Å². The third kappa shape index (κ3) is 4.56. The number of hydrogen-bond acceptors (Lipinski definition) is 4. The number of benzene rings is 7. The normalized spacial score (nSPS) is 12.7. The predicted molar refractivity (Wildman–Crippen MR) is 201 cm³/mol. The Labute approximate surface area is 283 Å². The molecule has 0 saturated heterocycles. The van der Waals surface area contributed by atoms with Gasteiger partial charge in [0.25, 0.3) is 0 Å². The summed E-state index contributed by atoms with van der Waals surface area (Å²) in [6, 6.07) is 48.9. The highest BCUT2D eigenvalue weighted by Crippen LogP contribution is 2.41. The highest BCUT2D eigenvalue weighted by molar-refractivity contribution is 6.25. The lowest BCUT2D eigenvalue weighted by atomic mass is 9.93. The van der Waals surface area contributed by atoms with Crippen LogP contribution in [0.2, 0.25) is 0 Å². The van der Waals surface area contributed by atoms with Gasteiger partial charge in [-0.25, -0.2) is 15.0 Å². The highest BCUT2D eigenvalue weighted by Gasteiger charge is 2.23. The van der Waals surface area contributed by atoms with Crippen LogP contribution in [0.15, 0.2) is 150 Å². The minimum absolute atomic E-state index is 0.623. The zero-order valence-electron chi connectivity index (χ0n) is 26.6. The zero-order chi connectivity index (χ0) is 32.3. The number of hydrogen-bond donors (Lipinski definition) is 0. The van der Waals surface area contributed by atoms with Crippen LogP contribution >= 0.6 is 0 Å². The monoisotopic (exact) mass is 627 g/mol. The summed E-state index contributed by atoms with van der Waals surface area (Å²) >= 11 is 0. The molecule has 0 N–H and O–H groups in total. The number of aryl methyl sites for hydroxylation is 1. The molecule has 4 heteroatoms. The molecule has 0 aliphatic heterocycles. The van der Waals surface area contributed by atoms with Gasteiger partial charge < -0.3 is 4.42 Å². The molecule has 0 spiro atoms. The van der Waals surface area contributed by atoms with Crippen molar-refractivity contribution in [2.45, 2.75) is 12.8 Å². The molecule has 0 atom stereocenters. The molecule has 7 aromatic carbocycles. The van der Waals surface area contributed by atoms with E-state index in [1.165, 1.54) is 32.3 Å². The van der Waals surface area contributed by atoms with Crippen molar-refractivity contribution in [1.29, 1.82) is 0 Å². The Balaban J connectivity index is 1.26. The van der Waals surface area contributed by atoms with E-state index in [1.807, 2.05) is 24.3 Å². The van der Waals surface area contributed by atoms with Crippen LogP contribution in [-0.2, 0) is 6.42 Å². The maximum absolute atomic E-state index is 6.55. The van der Waals surface area contributed by atoms with Gasteiger partial charge in [-0.15, -0.1) is 0 Å². The van der Waals surface area contributed by atoms with Crippen LogP contribution in [0.5, 0.6) is 0 Å². The van der Waals surface area contributed by atoms with Crippen molar-refractivity contribution < 1.29 is 4.42 Å². The lowest BCUT2D eigenvalue weighted by Gasteiger charge is -2.13. The van der Waals surface area contributed by atoms with Crippen LogP contribution in [-0.4, -0.2) is 15.0 Å². The van der Waals surface area contributed by atoms with Gasteiger partial charge in [-0.1, -0.05) is 133 Å². The Morgan fingerprint density at radius 2 is 1.02 bits per heavy atom. The maximum atomic E-state index is 6.55. The van der Waals surface area contributed by atoms with Gasteiger partial charge in [0.1, 0.15) is 11.3 Å². The quantitative estimate of drug-likeness (QED) is 0.182. The van der Waals surface area contributed by atoms with E-state index in [0.29, 0.717) is 17.5 Å². The fourth-order valence-electron chi connectivity index (χ4n) is 7.44. The third-order valence-corrected chi connectivity index (χ3v) is 9.75. The van der Waals surface area contributed by atoms with Gasteiger partial charge in [-0.2, -0.15) is 0 Å². The fourth-order valence-corrected chi connectivity index (χ4v) is 7.44. The lowest BCUT2D eigenvalue weighted by molar-refractivity contribution is 0.546. The van der Waals surface area contributed by atoms with Gasteiger partial charge in [0, 0.05) is 34.1 Å². The van der Waals surface area contributed by atoms with Crippen LogP contribution in [0, 0.1) is 0 Å². The van der Waals surface area contributed by atoms with E-state index >= 15 is 0 Å². The first kappa shape index (κ1) is 27.7. The number of allylic oxidation sites excluding steroid dienone is 1. The van der Waals surface area contributed by atoms with Gasteiger partial charge in [-0.05, 0) is 68.1 Å². The summed E-state index contributed by atoms with van der Waals surface area (Å²) in [5.74, 6) is 2.90. The summed E-state index contributed by atoms with van der Waals surface area (Å²) in [6.45, 7) is 0. The van der Waals surface area contributed by atoms with E-state index in [4.69, 9.17) is 19.4 Å². The first-order valence-electron chi connectivity index (χ1n) is 16.8. The number of rotatable bonds is 4. The molecular weight excluding hydrogens is 599 g/mol. The van der Waals surface area contributed by atoms with E-state index in [2.05, 4.69) is 127 Å². The van der Waals surface area contributed by atoms with Gasteiger partial charge in [-0.3, -0.25) is 0 Å². The SMILES string of the molecule is C1=Cc2c(oc3cc(-c4ccccc4)cc(-c4nc(-c5ccccc5)nc(-c5ccc6c7ccccc7c7ccccc7c6c5)n4)c23)CC1. The molecule has 230 valence electrons. The lowest BCUT2D eigenvalue weighted by Crippen LogP contribution is -2.01. The van der Waals surface area contributed by atoms with Gasteiger partial charge in [0.2, 0.25) is 0 Å². The molecule has 0 radical (unpaired) electrons. The Morgan fingerprint density at radius 3 is 1.71 bits per heavy atom. The van der Waals surface area contributed by atoms with E-state index in [9.17, 15) is 0 Å². The number of aromatic nitrogens is 3. The maximum Gasteiger partial charge on any atom is 0.164 e. The average Bonchev–Trinajstić information content (AvgIpc) is 3.57. The molecule has 49 heavy (non-hydrogen) atoms. The second-order valence-corrected chi connectivity index (χ2v) is 12.7. The molecular formula is C45H29N3O. The van der Waals surface area contributed by atoms with Crippen molar-refractivity contribution in [2.75, 3.05) is 0 Å². The van der Waals surface area contributed by atoms with Crippen molar-refractivity contribution in [3.05, 3.63) is 157 Å². The number of furan rings is 1. The Hall–Kier alpha value is -6.39. The molecule has 2 heterocycles. The second kappa shape index (κ2) is 11.1. The van der Waals surface area contributed by atoms with Gasteiger partial charge in [0.05, 0.1) is 0 Å². The summed E-state index contributed by atoms with van der Waals surface area (Å²) in [5.41, 5.74) is 6.95. The van der Waals surface area contributed by atoms with E-state index in [1.54, 1.807) is 0 Å². The molecule has 9 aromatic rings. The topological polar surface area (TPSA) is 51.8 Å². The fraction of sp³-hybridized carbons (Fsp3) is 0.0444. The van der Waals surface area contributed by atoms with Crippen LogP contribution in [0.3, 0.4) is 0 Å². The van der Waals surface area contributed by atoms with Crippen molar-refractivity contribution in [1.82, 2.24) is 15.0 Å². The number of fused-ring (bicyclic) bond motifs is 9. The smallest absolute Gasteiger partial charge is 0.164 e. The van der Waals surface area contributed by atoms with Crippen molar-refractivity contribution >= 4 is 49.4 Å². The summed E-state index contributed by atoms with van der Waals surface area (Å²) in [4.78, 5) is 15.6. The van der Waals surface area contributed by atoms with Crippen molar-refractivity contribution in [3.8, 4) is 45.3 Å². The van der Waals surface area contributed by atoms with Crippen LogP contribution in [0.25, 0.3) is 94.7 Å². The van der Waals surface area contributed by atoms with Crippen molar-refractivity contribution in [2.24, 2.45) is 0 Å². The molecule has 0 bridgehead atoms. The molecule has 10 rings (SSSR count). The molecule has 0 saturated carbocycles. The Kier molecular flexibility index (Phi) is 6.28. The zero-order valence-corrected chi connectivity index (χ0v) is 26.6. The minimum atomic E-state index is 0.623. The molecule has 1 aliphatic rings. The first-order chi connectivity index (χ1) is 24.3. The van der Waals surface area contributed by atoms with E-state index in [0.717, 1.165) is 63.0 Å². The molecule has 4 nitrogen and oxygen atoms in total. The summed E-state index contributed by atoms with van der Waals surface area (Å²) < 4.78 is 6.55. The third-order valence-electron chi connectivity index (χ3n) is 9.75. The highest BCUT2D eigenvalue weighted by atomic mass is 16.3. The average molecular weight is 628 g/mol. The first-order valence-corrected chi connectivity index (χ1v) is 16.8. The molecule has 0 amide bonds. The molecule has 2 aromatic heterocycles. The van der Waals surface area contributed by atoms with Gasteiger partial charge >= 0.3 is 0 Å². The van der Waals surface area contributed by atoms with Crippen molar-refractivity contribution in [3.63, 3.8) is 0 Å². The summed E-state index contributed by atoms with van der Waals surface area (Å²) in [5, 5.41) is 8.38. The largest absolute Gasteiger partial charge is 0.460 e. The Bertz CT molecular complexity index is 2730. The molecule has 0 fully saturated rings. The molecule has 1 aliphatic carbocycles. The number of nitrogens with zero attached hydrogens (tertiary/aromatic N) is 3. The van der Waals surface area contributed by atoms with E-state index in [-0.39, 0.29) is 0 Å². The van der Waals surface area contributed by atoms with E-state index < -0.39 is 0 Å². The summed E-state index contributed by atoms with van der Waals surface area (Å²) in [6.07, 6.45) is 6.25. The van der Waals surface area contributed by atoms with Gasteiger partial charge in [0.15, 0.2) is 17.5 Å². The van der Waals surface area contributed by atoms with Crippen LogP contribution in [0.4, 0.5) is 0 Å². The predicted octanol–water partition coefficient (Wildman–Crippen LogP) is 11.7.